The Hall–Kier alpha value is -1.60. The molecule has 8 heteroatoms. The second kappa shape index (κ2) is 7.53. The lowest BCUT2D eigenvalue weighted by molar-refractivity contribution is -0.117. The topological polar surface area (TPSA) is 75.3 Å². The summed E-state index contributed by atoms with van der Waals surface area (Å²) in [5.41, 5.74) is 1.37. The highest BCUT2D eigenvalue weighted by molar-refractivity contribution is 7.89. The van der Waals surface area contributed by atoms with E-state index in [1.165, 1.54) is 31.2 Å². The number of carbonyl (C=O) groups excluding carboxylic acids is 1. The van der Waals surface area contributed by atoms with Gasteiger partial charge in [0.1, 0.15) is 0 Å². The van der Waals surface area contributed by atoms with Gasteiger partial charge >= 0.3 is 0 Å². The Balaban J connectivity index is 2.09. The van der Waals surface area contributed by atoms with Crippen LogP contribution in [0.4, 0.5) is 5.69 Å². The van der Waals surface area contributed by atoms with Crippen molar-refractivity contribution in [2.24, 2.45) is 0 Å². The van der Waals surface area contributed by atoms with E-state index < -0.39 is 22.0 Å². The largest absolute Gasteiger partial charge is 0.323 e. The Labute approximate surface area is 151 Å². The minimum atomic E-state index is -3.83. The summed E-state index contributed by atoms with van der Waals surface area (Å²) >= 11 is 11.8. The lowest BCUT2D eigenvalue weighted by atomic mass is 10.2. The maximum absolute atomic E-state index is 12.3. The first-order valence-electron chi connectivity index (χ1n) is 7.04. The van der Waals surface area contributed by atoms with Crippen molar-refractivity contribution in [1.29, 1.82) is 0 Å². The number of halogens is 2. The van der Waals surface area contributed by atoms with Gasteiger partial charge in [-0.2, -0.15) is 4.72 Å². The van der Waals surface area contributed by atoms with Crippen LogP contribution in [0.3, 0.4) is 0 Å². The highest BCUT2D eigenvalue weighted by Gasteiger charge is 2.22. The summed E-state index contributed by atoms with van der Waals surface area (Å²) in [5.74, 6) is -0.515. The molecule has 0 aromatic heterocycles. The molecule has 0 radical (unpaired) electrons. The van der Waals surface area contributed by atoms with Crippen molar-refractivity contribution in [3.8, 4) is 0 Å². The third-order valence-electron chi connectivity index (χ3n) is 3.23. The Kier molecular flexibility index (Phi) is 5.87. The fraction of sp³-hybridized carbons (Fsp3) is 0.188. The number of carbonyl (C=O) groups is 1. The number of benzene rings is 2. The van der Waals surface area contributed by atoms with E-state index >= 15 is 0 Å². The van der Waals surface area contributed by atoms with Gasteiger partial charge in [-0.05, 0) is 55.8 Å². The normalized spacial score (nSPS) is 12.7. The van der Waals surface area contributed by atoms with Crippen LogP contribution in [0.5, 0.6) is 0 Å². The highest BCUT2D eigenvalue weighted by atomic mass is 35.5. The van der Waals surface area contributed by atoms with Crippen LogP contribution in [0.25, 0.3) is 0 Å². The molecule has 1 amide bonds. The molecule has 0 saturated heterocycles. The third-order valence-corrected chi connectivity index (χ3v) is 5.35. The number of hydrogen-bond acceptors (Lipinski definition) is 3. The van der Waals surface area contributed by atoms with Gasteiger partial charge in [0, 0.05) is 5.02 Å². The smallest absolute Gasteiger partial charge is 0.242 e. The van der Waals surface area contributed by atoms with E-state index in [4.69, 9.17) is 23.2 Å². The molecule has 24 heavy (non-hydrogen) atoms. The van der Waals surface area contributed by atoms with E-state index in [1.807, 2.05) is 6.92 Å². The van der Waals surface area contributed by atoms with Gasteiger partial charge in [-0.25, -0.2) is 8.42 Å². The molecule has 0 saturated carbocycles. The minimum Gasteiger partial charge on any atom is -0.323 e. The molecule has 128 valence electrons. The van der Waals surface area contributed by atoms with Crippen LogP contribution in [-0.4, -0.2) is 20.4 Å². The van der Waals surface area contributed by atoms with Gasteiger partial charge in [0.15, 0.2) is 0 Å². The van der Waals surface area contributed by atoms with Crippen molar-refractivity contribution < 1.29 is 13.2 Å². The van der Waals surface area contributed by atoms with Gasteiger partial charge in [0.2, 0.25) is 15.9 Å². The van der Waals surface area contributed by atoms with E-state index in [9.17, 15) is 13.2 Å². The van der Waals surface area contributed by atoms with Crippen LogP contribution in [0.15, 0.2) is 47.4 Å². The van der Waals surface area contributed by atoms with Gasteiger partial charge in [0.05, 0.1) is 21.6 Å². The number of hydrogen-bond donors (Lipinski definition) is 2. The maximum atomic E-state index is 12.3. The first kappa shape index (κ1) is 18.7. The monoisotopic (exact) mass is 386 g/mol. The van der Waals surface area contributed by atoms with Crippen molar-refractivity contribution in [1.82, 2.24) is 4.72 Å². The van der Waals surface area contributed by atoms with E-state index in [0.29, 0.717) is 15.7 Å². The van der Waals surface area contributed by atoms with Gasteiger partial charge < -0.3 is 5.32 Å². The minimum absolute atomic E-state index is 0.0277. The predicted octanol–water partition coefficient (Wildman–Crippen LogP) is 3.61. The van der Waals surface area contributed by atoms with Crippen LogP contribution in [0.1, 0.15) is 12.5 Å². The molecule has 0 aliphatic heterocycles. The summed E-state index contributed by atoms with van der Waals surface area (Å²) in [7, 11) is -3.83. The van der Waals surface area contributed by atoms with Crippen molar-refractivity contribution in [2.75, 3.05) is 5.32 Å². The van der Waals surface area contributed by atoms with Crippen molar-refractivity contribution >= 4 is 44.8 Å². The molecule has 2 N–H and O–H groups in total. The summed E-state index contributed by atoms with van der Waals surface area (Å²) in [4.78, 5) is 12.2. The van der Waals surface area contributed by atoms with E-state index in [2.05, 4.69) is 10.0 Å². The fourth-order valence-electron chi connectivity index (χ4n) is 1.93. The van der Waals surface area contributed by atoms with E-state index in [1.54, 1.807) is 18.2 Å². The molecular formula is C16H16Cl2N2O3S. The van der Waals surface area contributed by atoms with Gasteiger partial charge in [-0.3, -0.25) is 4.79 Å². The Morgan fingerprint density at radius 2 is 1.71 bits per heavy atom. The van der Waals surface area contributed by atoms with Crippen LogP contribution in [0.2, 0.25) is 10.0 Å². The highest BCUT2D eigenvalue weighted by Crippen LogP contribution is 2.23. The zero-order valence-electron chi connectivity index (χ0n) is 13.0. The summed E-state index contributed by atoms with van der Waals surface area (Å²) < 4.78 is 26.8. The zero-order chi connectivity index (χ0) is 17.9. The summed E-state index contributed by atoms with van der Waals surface area (Å²) in [6.07, 6.45) is 0. The number of amides is 1. The summed E-state index contributed by atoms with van der Waals surface area (Å²) in [6.45, 7) is 3.32. The lowest BCUT2D eigenvalue weighted by Crippen LogP contribution is -2.41. The summed E-state index contributed by atoms with van der Waals surface area (Å²) in [5, 5.41) is 3.41. The average molecular weight is 387 g/mol. The number of nitrogens with one attached hydrogen (secondary N) is 2. The average Bonchev–Trinajstić information content (AvgIpc) is 2.50. The predicted molar refractivity (Wildman–Crippen MR) is 96.1 cm³/mol. The Morgan fingerprint density at radius 1 is 1.08 bits per heavy atom. The molecule has 2 aromatic carbocycles. The molecule has 0 fully saturated rings. The van der Waals surface area contributed by atoms with Crippen LogP contribution in [0, 0.1) is 6.92 Å². The molecule has 2 rings (SSSR count). The molecule has 0 aliphatic carbocycles. The molecule has 1 unspecified atom stereocenters. The molecule has 0 aliphatic rings. The Morgan fingerprint density at radius 3 is 2.29 bits per heavy atom. The van der Waals surface area contributed by atoms with E-state index in [-0.39, 0.29) is 4.90 Å². The van der Waals surface area contributed by atoms with Crippen LogP contribution < -0.4 is 10.0 Å². The van der Waals surface area contributed by atoms with Gasteiger partial charge in [-0.15, -0.1) is 0 Å². The SMILES string of the molecule is Cc1ccc(NC(=O)C(C)NS(=O)(=O)c2ccc(Cl)cc2)c(Cl)c1. The first-order chi connectivity index (χ1) is 11.2. The fourth-order valence-corrected chi connectivity index (χ4v) is 3.54. The number of rotatable bonds is 5. The first-order valence-corrected chi connectivity index (χ1v) is 9.28. The standard InChI is InChI=1S/C16H16Cl2N2O3S/c1-10-3-8-15(14(18)9-10)19-16(21)11(2)20-24(22,23)13-6-4-12(17)5-7-13/h3-9,11,20H,1-2H3,(H,19,21). The molecular weight excluding hydrogens is 371 g/mol. The molecule has 1 atom stereocenters. The third kappa shape index (κ3) is 4.70. The van der Waals surface area contributed by atoms with Crippen molar-refractivity contribution in [3.63, 3.8) is 0 Å². The number of anilines is 1. The Bertz CT molecular complexity index is 852. The summed E-state index contributed by atoms with van der Waals surface area (Å²) in [6, 6.07) is 9.85. The van der Waals surface area contributed by atoms with E-state index in [0.717, 1.165) is 5.56 Å². The maximum Gasteiger partial charge on any atom is 0.242 e. The van der Waals surface area contributed by atoms with Gasteiger partial charge in [0.25, 0.3) is 0 Å². The molecule has 2 aromatic rings. The quantitative estimate of drug-likeness (QED) is 0.823. The van der Waals surface area contributed by atoms with Crippen LogP contribution in [-0.2, 0) is 14.8 Å². The van der Waals surface area contributed by atoms with Crippen LogP contribution >= 0.6 is 23.2 Å². The second-order valence-corrected chi connectivity index (χ2v) is 7.83. The lowest BCUT2D eigenvalue weighted by Gasteiger charge is -2.15. The van der Waals surface area contributed by atoms with Crippen molar-refractivity contribution in [2.45, 2.75) is 24.8 Å². The molecule has 0 bridgehead atoms. The number of aryl methyl sites for hydroxylation is 1. The van der Waals surface area contributed by atoms with Gasteiger partial charge in [-0.1, -0.05) is 29.3 Å². The zero-order valence-corrected chi connectivity index (χ0v) is 15.3. The molecule has 0 heterocycles. The molecule has 5 nitrogen and oxygen atoms in total. The second-order valence-electron chi connectivity index (χ2n) is 5.27. The van der Waals surface area contributed by atoms with Crippen molar-refractivity contribution in [3.05, 3.63) is 58.1 Å². The number of sulfonamides is 1. The molecule has 0 spiro atoms.